The number of rotatable bonds is 2. The van der Waals surface area contributed by atoms with Gasteiger partial charge in [0.2, 0.25) is 0 Å². The molecule has 0 fully saturated rings. The summed E-state index contributed by atoms with van der Waals surface area (Å²) >= 11 is 0. The van der Waals surface area contributed by atoms with Crippen molar-refractivity contribution < 1.29 is 15.1 Å². The van der Waals surface area contributed by atoms with Gasteiger partial charge in [0.15, 0.2) is 5.78 Å². The molecule has 0 bridgehead atoms. The first-order chi connectivity index (χ1) is 8.16. The molecule has 0 amide bonds. The Morgan fingerprint density at radius 1 is 1.18 bits per heavy atom. The normalized spacial score (nSPS) is 16.5. The monoisotopic (exact) mass is 229 g/mol. The van der Waals surface area contributed by atoms with Crippen LogP contribution in [0.15, 0.2) is 60.3 Å². The zero-order valence-electron chi connectivity index (χ0n) is 8.95. The largest absolute Gasteiger partial charge is 0.508 e. The summed E-state index contributed by atoms with van der Waals surface area (Å²) in [6, 6.07) is 6.11. The Morgan fingerprint density at radius 3 is 2.65 bits per heavy atom. The molecular weight excluding hydrogens is 218 g/mol. The molecule has 86 valence electrons. The highest BCUT2D eigenvalue weighted by molar-refractivity contribution is 6.07. The molecule has 2 N–H and O–H groups in total. The first-order valence-electron chi connectivity index (χ1n) is 5.05. The van der Waals surface area contributed by atoms with Gasteiger partial charge in [-0.1, -0.05) is 18.2 Å². The number of carbonyl (C=O) groups is 1. The van der Waals surface area contributed by atoms with Crippen LogP contribution >= 0.6 is 0 Å². The second-order valence-corrected chi connectivity index (χ2v) is 3.53. The Labute approximate surface area is 98.4 Å². The third kappa shape index (κ3) is 2.62. The van der Waals surface area contributed by atoms with Gasteiger partial charge >= 0.3 is 0 Å². The van der Waals surface area contributed by atoms with E-state index in [1.165, 1.54) is 24.4 Å². The molecule has 0 unspecified atom stereocenters. The van der Waals surface area contributed by atoms with Crippen molar-refractivity contribution in [1.82, 2.24) is 0 Å². The summed E-state index contributed by atoms with van der Waals surface area (Å²) in [4.78, 5) is 11.4. The van der Waals surface area contributed by atoms with Gasteiger partial charge in [-0.15, -0.1) is 0 Å². The first kappa shape index (κ1) is 11.2. The molecule has 0 aliphatic heterocycles. The van der Waals surface area contributed by atoms with Crippen molar-refractivity contribution in [2.45, 2.75) is 0 Å². The average Bonchev–Trinajstić information content (AvgIpc) is 2.32. The number of hydrogen-bond acceptors (Lipinski definition) is 4. The Bertz CT molecular complexity index is 529. The highest BCUT2D eigenvalue weighted by Crippen LogP contribution is 2.20. The SMILES string of the molecule is O=C1C=CC=C/C1=C\N(O)c1cccc(O)c1. The van der Waals surface area contributed by atoms with Crippen molar-refractivity contribution in [3.05, 3.63) is 60.3 Å². The summed E-state index contributed by atoms with van der Waals surface area (Å²) in [6.45, 7) is 0. The lowest BCUT2D eigenvalue weighted by Crippen LogP contribution is -2.12. The van der Waals surface area contributed by atoms with Crippen molar-refractivity contribution in [2.75, 3.05) is 5.06 Å². The molecular formula is C13H11NO3. The Morgan fingerprint density at radius 2 is 1.94 bits per heavy atom. The molecule has 4 nitrogen and oxygen atoms in total. The van der Waals surface area contributed by atoms with Gasteiger partial charge in [-0.25, -0.2) is 5.06 Å². The zero-order valence-corrected chi connectivity index (χ0v) is 8.95. The van der Waals surface area contributed by atoms with Gasteiger partial charge in [0.1, 0.15) is 5.75 Å². The maximum atomic E-state index is 11.4. The van der Waals surface area contributed by atoms with E-state index < -0.39 is 0 Å². The molecule has 1 aliphatic rings. The van der Waals surface area contributed by atoms with E-state index in [1.54, 1.807) is 30.4 Å². The topological polar surface area (TPSA) is 60.8 Å². The number of carbonyl (C=O) groups excluding carboxylic acids is 1. The van der Waals surface area contributed by atoms with E-state index in [4.69, 9.17) is 0 Å². The molecule has 0 saturated carbocycles. The average molecular weight is 229 g/mol. The van der Waals surface area contributed by atoms with Crippen LogP contribution in [0.4, 0.5) is 5.69 Å². The molecule has 0 aromatic heterocycles. The molecule has 2 rings (SSSR count). The van der Waals surface area contributed by atoms with E-state index in [-0.39, 0.29) is 11.5 Å². The maximum Gasteiger partial charge on any atom is 0.187 e. The van der Waals surface area contributed by atoms with E-state index in [0.29, 0.717) is 11.3 Å². The van der Waals surface area contributed by atoms with Crippen LogP contribution in [0.1, 0.15) is 0 Å². The van der Waals surface area contributed by atoms with Crippen molar-refractivity contribution in [3.8, 4) is 5.75 Å². The minimum absolute atomic E-state index is 0.0466. The molecule has 0 spiro atoms. The zero-order chi connectivity index (χ0) is 12.3. The van der Waals surface area contributed by atoms with Crippen molar-refractivity contribution >= 4 is 11.5 Å². The van der Waals surface area contributed by atoms with Crippen LogP contribution in [0, 0.1) is 0 Å². The Hall–Kier alpha value is -2.33. The minimum Gasteiger partial charge on any atom is -0.508 e. The molecule has 1 aromatic rings. The van der Waals surface area contributed by atoms with Crippen LogP contribution in [0.5, 0.6) is 5.75 Å². The van der Waals surface area contributed by atoms with E-state index in [9.17, 15) is 15.1 Å². The van der Waals surface area contributed by atoms with Gasteiger partial charge in [-0.05, 0) is 24.3 Å². The number of benzene rings is 1. The molecule has 1 aliphatic carbocycles. The quantitative estimate of drug-likeness (QED) is 0.602. The second-order valence-electron chi connectivity index (χ2n) is 3.53. The van der Waals surface area contributed by atoms with Gasteiger partial charge in [0.25, 0.3) is 0 Å². The predicted molar refractivity (Wildman–Crippen MR) is 63.7 cm³/mol. The number of phenolic OH excluding ortho intramolecular Hbond substituents is 1. The third-order valence-electron chi connectivity index (χ3n) is 2.27. The highest BCUT2D eigenvalue weighted by atomic mass is 16.5. The molecule has 17 heavy (non-hydrogen) atoms. The number of phenols is 1. The third-order valence-corrected chi connectivity index (χ3v) is 2.27. The van der Waals surface area contributed by atoms with Gasteiger partial charge < -0.3 is 5.11 Å². The summed E-state index contributed by atoms with van der Waals surface area (Å²) in [5.41, 5.74) is 0.756. The lowest BCUT2D eigenvalue weighted by Gasteiger charge is -2.13. The molecule has 0 saturated heterocycles. The van der Waals surface area contributed by atoms with E-state index in [1.807, 2.05) is 0 Å². The number of aromatic hydroxyl groups is 1. The van der Waals surface area contributed by atoms with Crippen LogP contribution in [-0.2, 0) is 4.79 Å². The van der Waals surface area contributed by atoms with Crippen molar-refractivity contribution in [1.29, 1.82) is 0 Å². The minimum atomic E-state index is -0.174. The predicted octanol–water partition coefficient (Wildman–Crippen LogP) is 2.17. The smallest absolute Gasteiger partial charge is 0.187 e. The van der Waals surface area contributed by atoms with Crippen LogP contribution < -0.4 is 5.06 Å². The lowest BCUT2D eigenvalue weighted by molar-refractivity contribution is -0.111. The van der Waals surface area contributed by atoms with Crippen LogP contribution in [0.3, 0.4) is 0 Å². The summed E-state index contributed by atoms with van der Waals surface area (Å²) in [5.74, 6) is -0.128. The number of allylic oxidation sites excluding steroid dienone is 5. The van der Waals surface area contributed by atoms with Crippen molar-refractivity contribution in [3.63, 3.8) is 0 Å². The molecule has 0 heterocycles. The summed E-state index contributed by atoms with van der Waals surface area (Å²) in [6.07, 6.45) is 7.67. The summed E-state index contributed by atoms with van der Waals surface area (Å²) in [5, 5.41) is 19.8. The standard InChI is InChI=1S/C13H11NO3/c15-12-6-3-5-11(8-12)14(17)9-10-4-1-2-7-13(10)16/h1-9,15,17H/b10-9+. The van der Waals surface area contributed by atoms with Gasteiger partial charge in [-0.3, -0.25) is 10.0 Å². The molecule has 4 heteroatoms. The number of ketones is 1. The summed E-state index contributed by atoms with van der Waals surface area (Å²) in [7, 11) is 0. The van der Waals surface area contributed by atoms with Gasteiger partial charge in [0, 0.05) is 17.8 Å². The fraction of sp³-hybridized carbons (Fsp3) is 0. The summed E-state index contributed by atoms with van der Waals surface area (Å²) < 4.78 is 0. The lowest BCUT2D eigenvalue weighted by atomic mass is 10.1. The van der Waals surface area contributed by atoms with Gasteiger partial charge in [0.05, 0.1) is 5.69 Å². The van der Waals surface area contributed by atoms with Crippen molar-refractivity contribution in [2.24, 2.45) is 0 Å². The maximum absolute atomic E-state index is 11.4. The fourth-order valence-electron chi connectivity index (χ4n) is 1.43. The highest BCUT2D eigenvalue weighted by Gasteiger charge is 2.08. The van der Waals surface area contributed by atoms with E-state index in [0.717, 1.165) is 5.06 Å². The molecule has 0 atom stereocenters. The Kier molecular flexibility index (Phi) is 3.07. The van der Waals surface area contributed by atoms with E-state index in [2.05, 4.69) is 0 Å². The first-order valence-corrected chi connectivity index (χ1v) is 5.05. The number of nitrogens with zero attached hydrogens (tertiary/aromatic N) is 1. The second kappa shape index (κ2) is 4.67. The van der Waals surface area contributed by atoms with Crippen LogP contribution in [0.2, 0.25) is 0 Å². The van der Waals surface area contributed by atoms with Gasteiger partial charge in [-0.2, -0.15) is 0 Å². The van der Waals surface area contributed by atoms with E-state index >= 15 is 0 Å². The van der Waals surface area contributed by atoms with Crippen LogP contribution in [0.25, 0.3) is 0 Å². The number of hydrogen-bond donors (Lipinski definition) is 2. The fourth-order valence-corrected chi connectivity index (χ4v) is 1.43. The van der Waals surface area contributed by atoms with Crippen LogP contribution in [-0.4, -0.2) is 16.1 Å². The number of hydroxylamine groups is 1. The molecule has 1 aromatic carbocycles. The molecule has 0 radical (unpaired) electrons. The Balaban J connectivity index is 2.24. The number of anilines is 1.